The van der Waals surface area contributed by atoms with Crippen molar-refractivity contribution in [1.29, 1.82) is 0 Å². The molecule has 1 heterocycles. The van der Waals surface area contributed by atoms with Crippen molar-refractivity contribution in [3.63, 3.8) is 0 Å². The van der Waals surface area contributed by atoms with E-state index in [1.165, 1.54) is 0 Å². The van der Waals surface area contributed by atoms with Gasteiger partial charge in [-0.3, -0.25) is 9.78 Å². The van der Waals surface area contributed by atoms with Crippen molar-refractivity contribution in [3.05, 3.63) is 42.7 Å². The molecule has 0 spiro atoms. The third-order valence-corrected chi connectivity index (χ3v) is 2.39. The van der Waals surface area contributed by atoms with E-state index in [0.717, 1.165) is 5.75 Å². The highest BCUT2D eigenvalue weighted by Crippen LogP contribution is 2.05. The maximum Gasteiger partial charge on any atom is 0.174 e. The predicted molar refractivity (Wildman–Crippen MR) is 56.1 cm³/mol. The van der Waals surface area contributed by atoms with E-state index < -0.39 is 0 Å². The molecule has 0 radical (unpaired) electrons. The van der Waals surface area contributed by atoms with Crippen LogP contribution in [0.4, 0.5) is 0 Å². The van der Waals surface area contributed by atoms with Crippen LogP contribution in [0.25, 0.3) is 0 Å². The number of carbonyl (C=O) groups is 1. The van der Waals surface area contributed by atoms with Gasteiger partial charge < -0.3 is 0 Å². The smallest absolute Gasteiger partial charge is 0.174 e. The Morgan fingerprint density at radius 2 is 2.54 bits per heavy atom. The average molecular weight is 193 g/mol. The van der Waals surface area contributed by atoms with Gasteiger partial charge in [0.05, 0.1) is 5.75 Å². The summed E-state index contributed by atoms with van der Waals surface area (Å²) >= 11 is 1.56. The Morgan fingerprint density at radius 3 is 3.15 bits per heavy atom. The van der Waals surface area contributed by atoms with Gasteiger partial charge in [-0.25, -0.2) is 0 Å². The van der Waals surface area contributed by atoms with Crippen LogP contribution in [-0.2, 0) is 0 Å². The molecule has 2 nitrogen and oxygen atoms in total. The van der Waals surface area contributed by atoms with Gasteiger partial charge >= 0.3 is 0 Å². The number of nitrogens with zero attached hydrogens (tertiary/aromatic N) is 1. The Bertz CT molecular complexity index is 284. The fourth-order valence-electron chi connectivity index (χ4n) is 0.846. The van der Waals surface area contributed by atoms with E-state index in [0.29, 0.717) is 11.3 Å². The quantitative estimate of drug-likeness (QED) is 0.408. The lowest BCUT2D eigenvalue weighted by Crippen LogP contribution is -2.02. The summed E-state index contributed by atoms with van der Waals surface area (Å²) in [7, 11) is 0. The van der Waals surface area contributed by atoms with Crippen LogP contribution >= 0.6 is 11.8 Å². The first kappa shape index (κ1) is 9.99. The number of aromatic nitrogens is 1. The first-order valence-electron chi connectivity index (χ1n) is 3.96. The minimum Gasteiger partial charge on any atom is -0.293 e. The van der Waals surface area contributed by atoms with Crippen molar-refractivity contribution in [1.82, 2.24) is 4.98 Å². The number of Topliss-reactive ketones (excluding diaryl/α,β-unsaturated/α-hetero) is 1. The second-order valence-corrected chi connectivity index (χ2v) is 3.50. The molecule has 0 aliphatic carbocycles. The second kappa shape index (κ2) is 5.54. The van der Waals surface area contributed by atoms with Crippen molar-refractivity contribution >= 4 is 17.5 Å². The molecule has 0 amide bonds. The molecule has 0 aliphatic heterocycles. The number of rotatable bonds is 5. The van der Waals surface area contributed by atoms with E-state index in [4.69, 9.17) is 0 Å². The summed E-state index contributed by atoms with van der Waals surface area (Å²) in [5.41, 5.74) is 0.680. The summed E-state index contributed by atoms with van der Waals surface area (Å²) in [5, 5.41) is 0. The zero-order valence-electron chi connectivity index (χ0n) is 7.27. The minimum absolute atomic E-state index is 0.125. The van der Waals surface area contributed by atoms with Gasteiger partial charge in [-0.05, 0) is 12.1 Å². The lowest BCUT2D eigenvalue weighted by atomic mass is 10.2. The van der Waals surface area contributed by atoms with Crippen LogP contribution in [0.15, 0.2) is 37.2 Å². The molecule has 1 rings (SSSR count). The molecule has 3 heteroatoms. The summed E-state index contributed by atoms with van der Waals surface area (Å²) in [5.74, 6) is 1.43. The zero-order chi connectivity index (χ0) is 9.52. The van der Waals surface area contributed by atoms with Gasteiger partial charge in [-0.2, -0.15) is 0 Å². The van der Waals surface area contributed by atoms with Crippen molar-refractivity contribution in [2.45, 2.75) is 0 Å². The molecule has 13 heavy (non-hydrogen) atoms. The molecule has 0 saturated heterocycles. The molecule has 0 aliphatic rings. The van der Waals surface area contributed by atoms with Crippen LogP contribution in [0, 0.1) is 0 Å². The molecule has 0 aromatic carbocycles. The number of thioether (sulfide) groups is 1. The highest BCUT2D eigenvalue weighted by atomic mass is 32.2. The monoisotopic (exact) mass is 193 g/mol. The number of hydrogen-bond acceptors (Lipinski definition) is 3. The first-order valence-corrected chi connectivity index (χ1v) is 5.12. The molecule has 1 aromatic rings. The van der Waals surface area contributed by atoms with E-state index in [1.807, 2.05) is 0 Å². The lowest BCUT2D eigenvalue weighted by Gasteiger charge is -1.97. The summed E-state index contributed by atoms with van der Waals surface area (Å²) in [6.45, 7) is 3.59. The van der Waals surface area contributed by atoms with E-state index in [9.17, 15) is 4.79 Å². The Kier molecular flexibility index (Phi) is 4.26. The number of hydrogen-bond donors (Lipinski definition) is 0. The minimum atomic E-state index is 0.125. The topological polar surface area (TPSA) is 30.0 Å². The van der Waals surface area contributed by atoms with Gasteiger partial charge in [0.2, 0.25) is 0 Å². The van der Waals surface area contributed by atoms with Crippen molar-refractivity contribution < 1.29 is 4.79 Å². The molecular formula is C10H11NOS. The van der Waals surface area contributed by atoms with E-state index in [-0.39, 0.29) is 5.78 Å². The molecule has 0 fully saturated rings. The molecule has 0 atom stereocenters. The van der Waals surface area contributed by atoms with Gasteiger partial charge in [0.15, 0.2) is 5.78 Å². The number of carbonyl (C=O) groups excluding carboxylic acids is 1. The standard InChI is InChI=1S/C10H11NOS/c1-2-6-13-8-10(12)9-4-3-5-11-7-9/h2-5,7H,1,6,8H2. The van der Waals surface area contributed by atoms with Crippen molar-refractivity contribution in [2.24, 2.45) is 0 Å². The molecule has 0 unspecified atom stereocenters. The second-order valence-electron chi connectivity index (χ2n) is 2.47. The van der Waals surface area contributed by atoms with Crippen LogP contribution < -0.4 is 0 Å². The highest BCUT2D eigenvalue weighted by molar-refractivity contribution is 8.00. The fraction of sp³-hybridized carbons (Fsp3) is 0.200. The third-order valence-electron chi connectivity index (χ3n) is 1.45. The maximum atomic E-state index is 11.4. The number of pyridine rings is 1. The van der Waals surface area contributed by atoms with E-state index in [2.05, 4.69) is 11.6 Å². The van der Waals surface area contributed by atoms with Crippen LogP contribution in [0.3, 0.4) is 0 Å². The predicted octanol–water partition coefficient (Wildman–Crippen LogP) is 2.18. The lowest BCUT2D eigenvalue weighted by molar-refractivity contribution is 0.102. The molecule has 0 saturated carbocycles. The largest absolute Gasteiger partial charge is 0.293 e. The molecule has 68 valence electrons. The fourth-order valence-corrected chi connectivity index (χ4v) is 1.48. The summed E-state index contributed by atoms with van der Waals surface area (Å²) < 4.78 is 0. The summed E-state index contributed by atoms with van der Waals surface area (Å²) in [6, 6.07) is 3.55. The summed E-state index contributed by atoms with van der Waals surface area (Å²) in [4.78, 5) is 15.3. The van der Waals surface area contributed by atoms with E-state index in [1.54, 1.807) is 42.4 Å². The van der Waals surface area contributed by atoms with Crippen LogP contribution in [0.1, 0.15) is 10.4 Å². The van der Waals surface area contributed by atoms with Crippen LogP contribution in [0.2, 0.25) is 0 Å². The van der Waals surface area contributed by atoms with Gasteiger partial charge in [0, 0.05) is 23.7 Å². The molecular weight excluding hydrogens is 182 g/mol. The zero-order valence-corrected chi connectivity index (χ0v) is 8.09. The Labute approximate surface area is 82.1 Å². The normalized spacial score (nSPS) is 9.54. The number of ketones is 1. The van der Waals surface area contributed by atoms with Gasteiger partial charge in [0.25, 0.3) is 0 Å². The van der Waals surface area contributed by atoms with E-state index >= 15 is 0 Å². The average Bonchev–Trinajstić information content (AvgIpc) is 2.19. The highest BCUT2D eigenvalue weighted by Gasteiger charge is 2.03. The Hall–Kier alpha value is -1.09. The molecule has 1 aromatic heterocycles. The summed E-state index contributed by atoms with van der Waals surface area (Å²) in [6.07, 6.45) is 5.05. The van der Waals surface area contributed by atoms with Crippen molar-refractivity contribution in [3.8, 4) is 0 Å². The third kappa shape index (κ3) is 3.42. The van der Waals surface area contributed by atoms with Crippen molar-refractivity contribution in [2.75, 3.05) is 11.5 Å². The van der Waals surface area contributed by atoms with Gasteiger partial charge in [0.1, 0.15) is 0 Å². The first-order chi connectivity index (χ1) is 6.34. The Morgan fingerprint density at radius 1 is 1.69 bits per heavy atom. The Balaban J connectivity index is 2.45. The van der Waals surface area contributed by atoms with Gasteiger partial charge in [-0.15, -0.1) is 18.3 Å². The maximum absolute atomic E-state index is 11.4. The van der Waals surface area contributed by atoms with Crippen LogP contribution in [0.5, 0.6) is 0 Å². The molecule has 0 bridgehead atoms. The molecule has 0 N–H and O–H groups in total. The SMILES string of the molecule is C=CCSCC(=O)c1cccnc1. The van der Waals surface area contributed by atoms with Gasteiger partial charge in [-0.1, -0.05) is 6.08 Å². The van der Waals surface area contributed by atoms with Crippen LogP contribution in [-0.4, -0.2) is 22.3 Å².